The molecule has 1 heterocycles. The van der Waals surface area contributed by atoms with Crippen LogP contribution in [0.1, 0.15) is 48.2 Å². The summed E-state index contributed by atoms with van der Waals surface area (Å²) < 4.78 is 5.36. The van der Waals surface area contributed by atoms with Gasteiger partial charge in [0.2, 0.25) is 5.89 Å². The maximum absolute atomic E-state index is 5.78. The fourth-order valence-corrected chi connectivity index (χ4v) is 2.24. The first-order valence-corrected chi connectivity index (χ1v) is 7.10. The van der Waals surface area contributed by atoms with E-state index in [4.69, 9.17) is 10.3 Å². The van der Waals surface area contributed by atoms with Gasteiger partial charge in [0.15, 0.2) is 5.82 Å². The van der Waals surface area contributed by atoms with Crippen molar-refractivity contribution in [3.8, 4) is 0 Å². The first-order valence-electron chi connectivity index (χ1n) is 7.10. The minimum absolute atomic E-state index is 0.135. The number of rotatable bonds is 5. The topological polar surface area (TPSA) is 64.9 Å². The summed E-state index contributed by atoms with van der Waals surface area (Å²) in [7, 11) is 0. The summed E-state index contributed by atoms with van der Waals surface area (Å²) in [5.41, 5.74) is 9.56. The summed E-state index contributed by atoms with van der Waals surface area (Å²) in [4.78, 5) is 4.49. The third-order valence-electron chi connectivity index (χ3n) is 3.79. The average Bonchev–Trinajstić information content (AvgIpc) is 2.82. The van der Waals surface area contributed by atoms with E-state index in [-0.39, 0.29) is 5.92 Å². The Balaban J connectivity index is 2.14. The van der Waals surface area contributed by atoms with Crippen molar-refractivity contribution in [2.24, 2.45) is 11.7 Å². The molecule has 1 aromatic heterocycles. The third-order valence-corrected chi connectivity index (χ3v) is 3.79. The van der Waals surface area contributed by atoms with Crippen molar-refractivity contribution in [1.82, 2.24) is 10.1 Å². The largest absolute Gasteiger partial charge is 0.339 e. The molecule has 20 heavy (non-hydrogen) atoms. The first-order chi connectivity index (χ1) is 9.51. The summed E-state index contributed by atoms with van der Waals surface area (Å²) in [5.74, 6) is 1.91. The van der Waals surface area contributed by atoms with Gasteiger partial charge in [0, 0.05) is 13.0 Å². The summed E-state index contributed by atoms with van der Waals surface area (Å²) in [6, 6.07) is 6.41. The number of aromatic nitrogens is 2. The fourth-order valence-electron chi connectivity index (χ4n) is 2.24. The van der Waals surface area contributed by atoms with Gasteiger partial charge in [0.25, 0.3) is 0 Å². The standard InChI is InChI=1S/C16H23N3O/c1-10(2)14(9-17)16-18-15(19-20-16)8-13-6-5-11(3)12(4)7-13/h5-7,10,14H,8-9,17H2,1-4H3. The van der Waals surface area contributed by atoms with Crippen molar-refractivity contribution >= 4 is 0 Å². The first kappa shape index (κ1) is 14.7. The van der Waals surface area contributed by atoms with E-state index in [0.717, 1.165) is 5.82 Å². The second-order valence-electron chi connectivity index (χ2n) is 5.73. The van der Waals surface area contributed by atoms with Crippen molar-refractivity contribution in [3.63, 3.8) is 0 Å². The zero-order valence-electron chi connectivity index (χ0n) is 12.7. The van der Waals surface area contributed by atoms with Crippen molar-refractivity contribution in [1.29, 1.82) is 0 Å². The van der Waals surface area contributed by atoms with Crippen LogP contribution in [0, 0.1) is 19.8 Å². The van der Waals surface area contributed by atoms with E-state index < -0.39 is 0 Å². The number of hydrogen-bond acceptors (Lipinski definition) is 4. The van der Waals surface area contributed by atoms with Gasteiger partial charge in [0.1, 0.15) is 0 Å². The van der Waals surface area contributed by atoms with Gasteiger partial charge in [-0.25, -0.2) is 0 Å². The lowest BCUT2D eigenvalue weighted by atomic mass is 9.96. The van der Waals surface area contributed by atoms with Gasteiger partial charge < -0.3 is 10.3 Å². The lowest BCUT2D eigenvalue weighted by molar-refractivity contribution is 0.322. The lowest BCUT2D eigenvalue weighted by Crippen LogP contribution is -2.18. The van der Waals surface area contributed by atoms with Crippen LogP contribution in [-0.2, 0) is 6.42 Å². The zero-order chi connectivity index (χ0) is 14.7. The van der Waals surface area contributed by atoms with Crippen molar-refractivity contribution in [3.05, 3.63) is 46.6 Å². The maximum Gasteiger partial charge on any atom is 0.231 e. The molecule has 0 bridgehead atoms. The number of nitrogens with zero attached hydrogens (tertiary/aromatic N) is 2. The van der Waals surface area contributed by atoms with Gasteiger partial charge in [0.05, 0.1) is 5.92 Å². The predicted octanol–water partition coefficient (Wildman–Crippen LogP) is 2.98. The molecule has 0 aliphatic carbocycles. The van der Waals surface area contributed by atoms with E-state index >= 15 is 0 Å². The molecule has 1 aromatic carbocycles. The van der Waals surface area contributed by atoms with Crippen LogP contribution in [0.15, 0.2) is 22.7 Å². The molecule has 108 valence electrons. The Labute approximate surface area is 120 Å². The summed E-state index contributed by atoms with van der Waals surface area (Å²) in [6.07, 6.45) is 0.694. The maximum atomic E-state index is 5.78. The molecule has 0 aliphatic heterocycles. The molecule has 2 rings (SSSR count). The quantitative estimate of drug-likeness (QED) is 0.909. The van der Waals surface area contributed by atoms with Gasteiger partial charge in [-0.2, -0.15) is 4.98 Å². The number of nitrogens with two attached hydrogens (primary N) is 1. The molecule has 0 saturated carbocycles. The molecular weight excluding hydrogens is 250 g/mol. The van der Waals surface area contributed by atoms with E-state index in [1.807, 2.05) is 0 Å². The van der Waals surface area contributed by atoms with Crippen LogP contribution in [0.3, 0.4) is 0 Å². The van der Waals surface area contributed by atoms with Crippen LogP contribution in [0.25, 0.3) is 0 Å². The van der Waals surface area contributed by atoms with E-state index in [1.165, 1.54) is 16.7 Å². The normalized spacial score (nSPS) is 12.9. The summed E-state index contributed by atoms with van der Waals surface area (Å²) in [6.45, 7) is 8.99. The van der Waals surface area contributed by atoms with Crippen LogP contribution in [0.4, 0.5) is 0 Å². The fraction of sp³-hybridized carbons (Fsp3) is 0.500. The number of aryl methyl sites for hydroxylation is 2. The van der Waals surface area contributed by atoms with Crippen LogP contribution < -0.4 is 5.73 Å². The smallest absolute Gasteiger partial charge is 0.231 e. The Morgan fingerprint density at radius 2 is 1.95 bits per heavy atom. The molecule has 0 amide bonds. The van der Waals surface area contributed by atoms with Gasteiger partial charge in [-0.3, -0.25) is 0 Å². The molecule has 2 N–H and O–H groups in total. The van der Waals surface area contributed by atoms with Crippen molar-refractivity contribution in [2.45, 2.75) is 40.0 Å². The molecule has 1 atom stereocenters. The SMILES string of the molecule is Cc1ccc(Cc2noc(C(CN)C(C)C)n2)cc1C. The van der Waals surface area contributed by atoms with Crippen LogP contribution >= 0.6 is 0 Å². The molecule has 0 aliphatic rings. The minimum atomic E-state index is 0.135. The van der Waals surface area contributed by atoms with E-state index in [9.17, 15) is 0 Å². The van der Waals surface area contributed by atoms with Gasteiger partial charge >= 0.3 is 0 Å². The zero-order valence-corrected chi connectivity index (χ0v) is 12.7. The molecule has 4 nitrogen and oxygen atoms in total. The monoisotopic (exact) mass is 273 g/mol. The summed E-state index contributed by atoms with van der Waals surface area (Å²) >= 11 is 0. The van der Waals surface area contributed by atoms with E-state index in [2.05, 4.69) is 56.0 Å². The molecular formula is C16H23N3O. The van der Waals surface area contributed by atoms with Gasteiger partial charge in [-0.05, 0) is 36.5 Å². The molecule has 0 saturated heterocycles. The molecule has 2 aromatic rings. The van der Waals surface area contributed by atoms with Gasteiger partial charge in [-0.1, -0.05) is 37.2 Å². The Kier molecular flexibility index (Phi) is 4.55. The minimum Gasteiger partial charge on any atom is -0.339 e. The van der Waals surface area contributed by atoms with Crippen LogP contribution in [-0.4, -0.2) is 16.7 Å². The lowest BCUT2D eigenvalue weighted by Gasteiger charge is -2.13. The van der Waals surface area contributed by atoms with E-state index in [1.54, 1.807) is 0 Å². The molecule has 4 heteroatoms. The Bertz CT molecular complexity index is 575. The molecule has 0 radical (unpaired) electrons. The average molecular weight is 273 g/mol. The van der Waals surface area contributed by atoms with Crippen LogP contribution in [0.2, 0.25) is 0 Å². The molecule has 0 spiro atoms. The highest BCUT2D eigenvalue weighted by Gasteiger charge is 2.21. The Morgan fingerprint density at radius 1 is 1.20 bits per heavy atom. The molecule has 1 unspecified atom stereocenters. The van der Waals surface area contributed by atoms with E-state index in [0.29, 0.717) is 24.8 Å². The number of hydrogen-bond donors (Lipinski definition) is 1. The van der Waals surface area contributed by atoms with Crippen molar-refractivity contribution < 1.29 is 4.52 Å². The second-order valence-corrected chi connectivity index (χ2v) is 5.73. The highest BCUT2D eigenvalue weighted by Crippen LogP contribution is 2.22. The highest BCUT2D eigenvalue weighted by atomic mass is 16.5. The second kappa shape index (κ2) is 6.18. The highest BCUT2D eigenvalue weighted by molar-refractivity contribution is 5.31. The predicted molar refractivity (Wildman–Crippen MR) is 79.7 cm³/mol. The van der Waals surface area contributed by atoms with Crippen LogP contribution in [0.5, 0.6) is 0 Å². The van der Waals surface area contributed by atoms with Crippen molar-refractivity contribution in [2.75, 3.05) is 6.54 Å². The molecule has 0 fully saturated rings. The third kappa shape index (κ3) is 3.25. The summed E-state index contributed by atoms with van der Waals surface area (Å²) in [5, 5.41) is 4.07. The number of benzene rings is 1. The van der Waals surface area contributed by atoms with Gasteiger partial charge in [-0.15, -0.1) is 0 Å². The Hall–Kier alpha value is -1.68. The Morgan fingerprint density at radius 3 is 2.55 bits per heavy atom.